The first-order chi connectivity index (χ1) is 10.9. The van der Waals surface area contributed by atoms with Crippen molar-refractivity contribution in [2.75, 3.05) is 18.4 Å². The molecule has 1 aromatic rings. The van der Waals surface area contributed by atoms with Gasteiger partial charge in [-0.1, -0.05) is 39.8 Å². The van der Waals surface area contributed by atoms with Crippen LogP contribution in [0, 0.1) is 0 Å². The van der Waals surface area contributed by atoms with Gasteiger partial charge in [-0.25, -0.2) is 9.67 Å². The topological polar surface area (TPSA) is 40.4 Å². The largest absolute Gasteiger partial charge is 0.354 e. The van der Waals surface area contributed by atoms with Gasteiger partial charge >= 0.3 is 6.98 Å². The normalized spacial score (nSPS) is 24.3. The van der Waals surface area contributed by atoms with Crippen LogP contribution >= 0.6 is 0 Å². The lowest BCUT2D eigenvalue weighted by molar-refractivity contribution is 0.190. The molecule has 1 fully saturated rings. The molecule has 8 heteroatoms. The molecule has 0 N–H and O–H groups in total. The number of hydrogen-bond acceptors (Lipinski definition) is 5. The molecule has 1 saturated heterocycles. The number of nitrogens with zero attached hydrogens (tertiary/aromatic N) is 6. The minimum Gasteiger partial charge on any atom is -0.354 e. The van der Waals surface area contributed by atoms with Crippen molar-refractivity contribution in [2.45, 2.75) is 71.8 Å². The second kappa shape index (κ2) is 6.13. The van der Waals surface area contributed by atoms with Gasteiger partial charge in [0.2, 0.25) is 5.95 Å². The van der Waals surface area contributed by atoms with Crippen molar-refractivity contribution in [3.8, 4) is 0 Å². The number of unbranched alkanes of at least 4 members (excludes halogenated alkanes) is 3. The van der Waals surface area contributed by atoms with E-state index < -0.39 is 0 Å². The summed E-state index contributed by atoms with van der Waals surface area (Å²) in [4.78, 5) is 9.49. The summed E-state index contributed by atoms with van der Waals surface area (Å²) >= 11 is 0. The average Bonchev–Trinajstić information content (AvgIpc) is 3.06. The first-order valence-corrected chi connectivity index (χ1v) is 9.07. The van der Waals surface area contributed by atoms with Crippen LogP contribution in [0.4, 0.5) is 5.95 Å². The molecule has 1 aromatic heterocycles. The second-order valence-corrected chi connectivity index (χ2v) is 7.63. The van der Waals surface area contributed by atoms with Crippen molar-refractivity contribution in [2.24, 2.45) is 0 Å². The molecule has 6 nitrogen and oxygen atoms in total. The summed E-state index contributed by atoms with van der Waals surface area (Å²) < 4.78 is 4.70. The van der Waals surface area contributed by atoms with Gasteiger partial charge < -0.3 is 14.3 Å². The van der Waals surface area contributed by atoms with Crippen molar-refractivity contribution in [3.05, 3.63) is 6.33 Å². The third kappa shape index (κ3) is 2.50. The number of fused-ring (bicyclic) bond motifs is 3. The maximum Gasteiger partial charge on any atom is 0.333 e. The van der Waals surface area contributed by atoms with Gasteiger partial charge in [0.25, 0.3) is 6.98 Å². The highest BCUT2D eigenvalue weighted by Gasteiger charge is 2.57. The maximum atomic E-state index is 4.56. The monoisotopic (exact) mass is 316 g/mol. The van der Waals surface area contributed by atoms with E-state index in [1.807, 2.05) is 0 Å². The molecule has 3 rings (SSSR count). The molecule has 0 aromatic carbocycles. The summed E-state index contributed by atoms with van der Waals surface area (Å²) in [6.07, 6.45) is 7.20. The average molecular weight is 316 g/mol. The summed E-state index contributed by atoms with van der Waals surface area (Å²) in [6, 6.07) is 0. The van der Waals surface area contributed by atoms with Crippen LogP contribution in [0.25, 0.3) is 0 Å². The van der Waals surface area contributed by atoms with Gasteiger partial charge in [-0.2, -0.15) is 5.10 Å². The van der Waals surface area contributed by atoms with Crippen molar-refractivity contribution < 1.29 is 0 Å². The zero-order valence-corrected chi connectivity index (χ0v) is 15.5. The Kier molecular flexibility index (Phi) is 4.49. The molecule has 2 aliphatic heterocycles. The van der Waals surface area contributed by atoms with Crippen LogP contribution in [0.15, 0.2) is 6.33 Å². The van der Waals surface area contributed by atoms with E-state index in [-0.39, 0.29) is 5.54 Å². The van der Waals surface area contributed by atoms with Gasteiger partial charge in [0, 0.05) is 0 Å². The van der Waals surface area contributed by atoms with Gasteiger partial charge in [0.1, 0.15) is 6.33 Å². The molecule has 23 heavy (non-hydrogen) atoms. The van der Waals surface area contributed by atoms with Crippen molar-refractivity contribution >= 4 is 19.9 Å². The molecule has 3 heterocycles. The first kappa shape index (κ1) is 16.8. The third-order valence-electron chi connectivity index (χ3n) is 5.81. The molecular weight excluding hydrogens is 286 g/mol. The zero-order chi connectivity index (χ0) is 16.8. The SMILES string of the molecule is CCCCCCN1B(C)N(C)C2N(B1C)c1ncnn1C2(C)C. The summed E-state index contributed by atoms with van der Waals surface area (Å²) in [5.74, 6) is 1.00. The smallest absolute Gasteiger partial charge is 0.333 e. The molecule has 0 saturated carbocycles. The molecule has 0 amide bonds. The minimum absolute atomic E-state index is 0.0720. The molecule has 0 bridgehead atoms. The number of aromatic nitrogens is 3. The lowest BCUT2D eigenvalue weighted by atomic mass is 9.56. The lowest BCUT2D eigenvalue weighted by Crippen LogP contribution is -2.75. The van der Waals surface area contributed by atoms with Crippen LogP contribution in [-0.4, -0.2) is 58.0 Å². The Balaban J connectivity index is 1.84. The fourth-order valence-corrected chi connectivity index (χ4v) is 4.45. The van der Waals surface area contributed by atoms with Crippen LogP contribution in [-0.2, 0) is 5.54 Å². The lowest BCUT2D eigenvalue weighted by Gasteiger charge is -2.53. The molecule has 0 aliphatic carbocycles. The van der Waals surface area contributed by atoms with E-state index in [0.29, 0.717) is 20.1 Å². The summed E-state index contributed by atoms with van der Waals surface area (Å²) in [7, 11) is 2.24. The summed E-state index contributed by atoms with van der Waals surface area (Å²) in [5.41, 5.74) is -0.0720. The Labute approximate surface area is 141 Å². The van der Waals surface area contributed by atoms with Gasteiger partial charge in [-0.15, -0.1) is 0 Å². The van der Waals surface area contributed by atoms with Crippen LogP contribution in [0.2, 0.25) is 13.6 Å². The molecule has 0 radical (unpaired) electrons. The van der Waals surface area contributed by atoms with Crippen LogP contribution in [0.1, 0.15) is 46.5 Å². The fourth-order valence-electron chi connectivity index (χ4n) is 4.45. The zero-order valence-electron chi connectivity index (χ0n) is 15.5. The first-order valence-electron chi connectivity index (χ1n) is 9.07. The van der Waals surface area contributed by atoms with Crippen molar-refractivity contribution in [3.63, 3.8) is 0 Å². The number of anilines is 1. The van der Waals surface area contributed by atoms with Crippen LogP contribution < -0.4 is 4.81 Å². The quantitative estimate of drug-likeness (QED) is 0.615. The van der Waals surface area contributed by atoms with E-state index in [9.17, 15) is 0 Å². The van der Waals surface area contributed by atoms with Gasteiger partial charge in [0.15, 0.2) is 0 Å². The molecule has 0 spiro atoms. The van der Waals surface area contributed by atoms with E-state index in [1.54, 1.807) is 6.33 Å². The Bertz CT molecular complexity index is 548. The Morgan fingerprint density at radius 1 is 1.17 bits per heavy atom. The second-order valence-electron chi connectivity index (χ2n) is 7.63. The predicted molar refractivity (Wildman–Crippen MR) is 97.5 cm³/mol. The number of rotatable bonds is 5. The fraction of sp³-hybridized carbons (Fsp3) is 0.867. The van der Waals surface area contributed by atoms with E-state index >= 15 is 0 Å². The highest BCUT2D eigenvalue weighted by Crippen LogP contribution is 2.41. The number of hydrogen-bond donors (Lipinski definition) is 0. The van der Waals surface area contributed by atoms with Gasteiger partial charge in [0.05, 0.1) is 11.7 Å². The van der Waals surface area contributed by atoms with Gasteiger partial charge in [-0.3, -0.25) is 0 Å². The minimum atomic E-state index is -0.0720. The summed E-state index contributed by atoms with van der Waals surface area (Å²) in [6.45, 7) is 13.4. The van der Waals surface area contributed by atoms with E-state index in [1.165, 1.54) is 25.7 Å². The Hall–Kier alpha value is -1.01. The predicted octanol–water partition coefficient (Wildman–Crippen LogP) is 2.22. The Morgan fingerprint density at radius 3 is 2.61 bits per heavy atom. The van der Waals surface area contributed by atoms with E-state index in [2.05, 4.69) is 70.6 Å². The molecule has 2 aliphatic rings. The molecule has 1 atom stereocenters. The highest BCUT2D eigenvalue weighted by molar-refractivity contribution is 6.73. The third-order valence-corrected chi connectivity index (χ3v) is 5.81. The van der Waals surface area contributed by atoms with E-state index in [4.69, 9.17) is 0 Å². The van der Waals surface area contributed by atoms with Crippen LogP contribution in [0.3, 0.4) is 0 Å². The molecule has 1 unspecified atom stereocenters. The summed E-state index contributed by atoms with van der Waals surface area (Å²) in [5, 5.41) is 4.50. The van der Waals surface area contributed by atoms with Gasteiger partial charge in [-0.05, 0) is 33.9 Å². The molecular formula is C15H30B2N6. The van der Waals surface area contributed by atoms with E-state index in [0.717, 1.165) is 12.5 Å². The number of likely N-dealkylation sites (N-methyl/N-ethyl adjacent to an activating group) is 1. The Morgan fingerprint density at radius 2 is 1.91 bits per heavy atom. The van der Waals surface area contributed by atoms with Crippen molar-refractivity contribution in [1.82, 2.24) is 24.3 Å². The molecule has 126 valence electrons. The van der Waals surface area contributed by atoms with Crippen molar-refractivity contribution in [1.29, 1.82) is 0 Å². The maximum absolute atomic E-state index is 4.56. The van der Waals surface area contributed by atoms with Crippen LogP contribution in [0.5, 0.6) is 0 Å². The standard InChI is InChI=1S/C15H30B2N6/c1-7-8-9-10-11-21-16(4)20(6)13-15(2,3)23-14(18-12-19-23)22(13)17(21)5/h12-13H,7-11H2,1-6H3. The highest BCUT2D eigenvalue weighted by atomic mass is 15.6.